The van der Waals surface area contributed by atoms with E-state index < -0.39 is 0 Å². The third kappa shape index (κ3) is 5.59. The summed E-state index contributed by atoms with van der Waals surface area (Å²) in [7, 11) is 0. The molecule has 0 bridgehead atoms. The van der Waals surface area contributed by atoms with Gasteiger partial charge in [0.2, 0.25) is 0 Å². The van der Waals surface area contributed by atoms with Crippen LogP contribution in [0.1, 0.15) is 0 Å². The Kier molecular flexibility index (Phi) is 7.70. The first-order valence-electron chi connectivity index (χ1n) is 17.8. The highest BCUT2D eigenvalue weighted by Gasteiger charge is 2.28. The highest BCUT2D eigenvalue weighted by Crippen LogP contribution is 2.54. The van der Waals surface area contributed by atoms with Crippen molar-refractivity contribution in [2.75, 3.05) is 14.7 Å². The van der Waals surface area contributed by atoms with Gasteiger partial charge in [0, 0.05) is 44.3 Å². The van der Waals surface area contributed by atoms with Crippen LogP contribution in [0.4, 0.5) is 51.2 Å². The average Bonchev–Trinajstić information content (AvgIpc) is 3.23. The molecule has 2 aliphatic heterocycles. The van der Waals surface area contributed by atoms with E-state index in [2.05, 4.69) is 197 Å². The zero-order chi connectivity index (χ0) is 35.1. The zero-order valence-electron chi connectivity index (χ0n) is 28.7. The van der Waals surface area contributed by atoms with Crippen LogP contribution in [0.25, 0.3) is 11.1 Å². The number of fused-ring (bicyclic) bond motifs is 4. The maximum Gasteiger partial charge on any atom is 0.153 e. The van der Waals surface area contributed by atoms with Gasteiger partial charge in [0.05, 0.1) is 22.7 Å². The summed E-state index contributed by atoms with van der Waals surface area (Å²) < 4.78 is 6.60. The van der Waals surface area contributed by atoms with E-state index in [1.165, 1.54) is 32.3 Å². The monoisotopic (exact) mass is 699 g/mol. The molecule has 0 unspecified atom stereocenters. The van der Waals surface area contributed by atoms with Crippen molar-refractivity contribution in [2.45, 2.75) is 9.79 Å². The molecule has 0 amide bonds. The third-order valence-electron chi connectivity index (χ3n) is 9.80. The molecule has 8 aromatic rings. The van der Waals surface area contributed by atoms with E-state index in [-0.39, 0.29) is 0 Å². The van der Waals surface area contributed by atoms with Crippen LogP contribution in [0, 0.1) is 0 Å². The normalized spacial score (nSPS) is 12.5. The van der Waals surface area contributed by atoms with Crippen LogP contribution >= 0.6 is 11.8 Å². The van der Waals surface area contributed by atoms with Crippen molar-refractivity contribution < 1.29 is 4.74 Å². The molecule has 8 aromatic carbocycles. The molecule has 252 valence electrons. The van der Waals surface area contributed by atoms with E-state index in [1.54, 1.807) is 0 Å². The van der Waals surface area contributed by atoms with E-state index in [4.69, 9.17) is 4.74 Å². The van der Waals surface area contributed by atoms with Crippen molar-refractivity contribution in [3.63, 3.8) is 0 Å². The van der Waals surface area contributed by atoms with Crippen molar-refractivity contribution in [1.82, 2.24) is 0 Å². The average molecular weight is 700 g/mol. The van der Waals surface area contributed by atoms with Crippen LogP contribution in [0.3, 0.4) is 0 Å². The Labute approximate surface area is 313 Å². The van der Waals surface area contributed by atoms with Crippen molar-refractivity contribution in [2.24, 2.45) is 0 Å². The molecule has 0 aliphatic carbocycles. The van der Waals surface area contributed by atoms with Gasteiger partial charge in [-0.3, -0.25) is 0 Å². The number of benzene rings is 8. The minimum atomic E-state index is 0.806. The lowest BCUT2D eigenvalue weighted by Gasteiger charge is -2.34. The molecule has 2 aliphatic rings. The Balaban J connectivity index is 1.02. The van der Waals surface area contributed by atoms with Crippen LogP contribution in [0.15, 0.2) is 210 Å². The fourth-order valence-corrected chi connectivity index (χ4v) is 8.46. The number of rotatable bonds is 6. The van der Waals surface area contributed by atoms with E-state index in [0.717, 1.165) is 51.3 Å². The number of nitrogens with zero attached hydrogens (tertiary/aromatic N) is 3. The smallest absolute Gasteiger partial charge is 0.153 e. The molecule has 2 heterocycles. The summed E-state index contributed by atoms with van der Waals surface area (Å²) in [5.41, 5.74) is 12.2. The lowest BCUT2D eigenvalue weighted by molar-refractivity contribution is 0.477. The summed E-state index contributed by atoms with van der Waals surface area (Å²) in [6.45, 7) is 0. The standard InChI is InChI=1S/C48H33N3OS/c1-4-14-36(15-5-1)49(40-29-31-42-46(33-40)52-45-22-12-10-20-41(45)50(42)37-16-6-2-7-17-37)39-27-24-34(25-28-39)35-26-30-44-48(32-35)53-47-23-13-11-21-43(47)51(44)38-18-8-3-9-19-38/h1-33H. The van der Waals surface area contributed by atoms with Gasteiger partial charge >= 0.3 is 0 Å². The highest BCUT2D eigenvalue weighted by molar-refractivity contribution is 7.99. The van der Waals surface area contributed by atoms with E-state index in [9.17, 15) is 0 Å². The molecular weight excluding hydrogens is 667 g/mol. The molecule has 0 saturated heterocycles. The molecule has 0 N–H and O–H groups in total. The maximum atomic E-state index is 6.60. The van der Waals surface area contributed by atoms with Crippen LogP contribution in [0.5, 0.6) is 11.5 Å². The Bertz CT molecular complexity index is 2580. The third-order valence-corrected chi connectivity index (χ3v) is 10.9. The first-order chi connectivity index (χ1) is 26.3. The molecular formula is C48H33N3OS. The lowest BCUT2D eigenvalue weighted by atomic mass is 10.0. The number of hydrogen-bond acceptors (Lipinski definition) is 5. The molecule has 0 spiro atoms. The van der Waals surface area contributed by atoms with Gasteiger partial charge in [0.25, 0.3) is 0 Å². The Morgan fingerprint density at radius 3 is 1.60 bits per heavy atom. The van der Waals surface area contributed by atoms with Crippen LogP contribution in [-0.4, -0.2) is 0 Å². The fraction of sp³-hybridized carbons (Fsp3) is 0. The molecule has 10 rings (SSSR count). The summed E-state index contributed by atoms with van der Waals surface area (Å²) in [6, 6.07) is 70.7. The summed E-state index contributed by atoms with van der Waals surface area (Å²) in [5, 5.41) is 0. The van der Waals surface area contributed by atoms with Gasteiger partial charge in [-0.15, -0.1) is 0 Å². The Morgan fingerprint density at radius 1 is 0.358 bits per heavy atom. The van der Waals surface area contributed by atoms with Gasteiger partial charge in [-0.05, 0) is 108 Å². The van der Waals surface area contributed by atoms with Crippen LogP contribution in [-0.2, 0) is 0 Å². The topological polar surface area (TPSA) is 19.0 Å². The van der Waals surface area contributed by atoms with Crippen molar-refractivity contribution in [3.05, 3.63) is 200 Å². The van der Waals surface area contributed by atoms with E-state index >= 15 is 0 Å². The Morgan fingerprint density at radius 2 is 0.868 bits per heavy atom. The van der Waals surface area contributed by atoms with Gasteiger partial charge in [-0.1, -0.05) is 109 Å². The van der Waals surface area contributed by atoms with Gasteiger partial charge < -0.3 is 19.4 Å². The first-order valence-corrected chi connectivity index (χ1v) is 18.6. The van der Waals surface area contributed by atoms with E-state index in [0.29, 0.717) is 0 Å². The molecule has 53 heavy (non-hydrogen) atoms. The number of hydrogen-bond donors (Lipinski definition) is 0. The van der Waals surface area contributed by atoms with Gasteiger partial charge in [0.15, 0.2) is 11.5 Å². The molecule has 0 fully saturated rings. The van der Waals surface area contributed by atoms with Crippen LogP contribution < -0.4 is 19.4 Å². The second-order valence-electron chi connectivity index (χ2n) is 13.0. The molecule has 0 aromatic heterocycles. The number of anilines is 9. The quantitative estimate of drug-likeness (QED) is 0.172. The predicted molar refractivity (Wildman–Crippen MR) is 220 cm³/mol. The molecule has 0 atom stereocenters. The minimum Gasteiger partial charge on any atom is -0.453 e. The highest BCUT2D eigenvalue weighted by atomic mass is 32.2. The SMILES string of the molecule is c1ccc(N(c2ccc(-c3ccc4c(c3)Sc3ccccc3N4c3ccccc3)cc2)c2ccc3c(c2)Oc2ccccc2N3c2ccccc2)cc1. The first kappa shape index (κ1) is 31.1. The van der Waals surface area contributed by atoms with Crippen molar-refractivity contribution >= 4 is 62.9 Å². The van der Waals surface area contributed by atoms with Gasteiger partial charge in [-0.2, -0.15) is 0 Å². The van der Waals surface area contributed by atoms with Gasteiger partial charge in [-0.25, -0.2) is 0 Å². The summed E-state index contributed by atoms with van der Waals surface area (Å²) in [4.78, 5) is 9.41. The molecule has 4 nitrogen and oxygen atoms in total. The fourth-order valence-electron chi connectivity index (χ4n) is 7.36. The minimum absolute atomic E-state index is 0.806. The largest absolute Gasteiger partial charge is 0.453 e. The second kappa shape index (κ2) is 13.1. The van der Waals surface area contributed by atoms with Crippen LogP contribution in [0.2, 0.25) is 0 Å². The summed E-state index contributed by atoms with van der Waals surface area (Å²) in [5.74, 6) is 1.63. The summed E-state index contributed by atoms with van der Waals surface area (Å²) in [6.07, 6.45) is 0. The maximum absolute atomic E-state index is 6.60. The van der Waals surface area contributed by atoms with E-state index in [1.807, 2.05) is 30.0 Å². The number of para-hydroxylation sites is 6. The lowest BCUT2D eigenvalue weighted by Crippen LogP contribution is -2.16. The zero-order valence-corrected chi connectivity index (χ0v) is 29.5. The molecule has 0 saturated carbocycles. The van der Waals surface area contributed by atoms with Crippen molar-refractivity contribution in [1.29, 1.82) is 0 Å². The predicted octanol–water partition coefficient (Wildman–Crippen LogP) is 14.3. The molecule has 0 radical (unpaired) electrons. The number of ether oxygens (including phenoxy) is 1. The molecule has 5 heteroatoms. The summed E-state index contributed by atoms with van der Waals surface area (Å²) >= 11 is 1.83. The second-order valence-corrected chi connectivity index (χ2v) is 14.1. The van der Waals surface area contributed by atoms with Crippen molar-refractivity contribution in [3.8, 4) is 22.6 Å². The Hall–Kier alpha value is -6.69. The van der Waals surface area contributed by atoms with Gasteiger partial charge in [0.1, 0.15) is 0 Å².